The topological polar surface area (TPSA) is 98.7 Å². The van der Waals surface area contributed by atoms with Crippen LogP contribution in [0, 0.1) is 6.92 Å². The molecule has 0 radical (unpaired) electrons. The fraction of sp³-hybridized carbons (Fsp3) is 0.333. The van der Waals surface area contributed by atoms with Crippen LogP contribution in [0.25, 0.3) is 5.69 Å². The molecule has 1 aromatic carbocycles. The van der Waals surface area contributed by atoms with Gasteiger partial charge in [-0.15, -0.1) is 5.10 Å². The Morgan fingerprint density at radius 3 is 2.95 bits per heavy atom. The van der Waals surface area contributed by atoms with Crippen LogP contribution in [0.2, 0.25) is 0 Å². The maximum atomic E-state index is 11.7. The summed E-state index contributed by atoms with van der Waals surface area (Å²) in [4.78, 5) is 11.7. The molecule has 0 saturated heterocycles. The highest BCUT2D eigenvalue weighted by molar-refractivity contribution is 5.94. The molecule has 2 rings (SSSR count). The first-order chi connectivity index (χ1) is 9.11. The molecule has 0 bridgehead atoms. The van der Waals surface area contributed by atoms with Crippen LogP contribution < -0.4 is 11.1 Å². The third kappa shape index (κ3) is 2.94. The summed E-state index contributed by atoms with van der Waals surface area (Å²) in [5.41, 5.74) is 8.17. The molecule has 0 unspecified atom stereocenters. The highest BCUT2D eigenvalue weighted by Gasteiger charge is 2.12. The molecule has 7 heteroatoms. The number of tetrazole rings is 1. The van der Waals surface area contributed by atoms with Gasteiger partial charge in [-0.1, -0.05) is 13.0 Å². The zero-order valence-corrected chi connectivity index (χ0v) is 10.9. The number of rotatable bonds is 4. The number of aryl methyl sites for hydroxylation is 1. The molecular weight excluding hydrogens is 244 g/mol. The van der Waals surface area contributed by atoms with Crippen molar-refractivity contribution in [1.29, 1.82) is 0 Å². The predicted octanol–water partition coefficient (Wildman–Crippen LogP) is 0.647. The summed E-state index contributed by atoms with van der Waals surface area (Å²) in [5.74, 6) is -0.200. The molecule has 7 nitrogen and oxygen atoms in total. The monoisotopic (exact) mass is 260 g/mol. The lowest BCUT2D eigenvalue weighted by atomic mass is 10.1. The Bertz CT molecular complexity index is 566. The first kappa shape index (κ1) is 13.2. The van der Waals surface area contributed by atoms with Gasteiger partial charge in [0.2, 0.25) is 5.91 Å². The van der Waals surface area contributed by atoms with E-state index in [1.54, 1.807) is 4.68 Å². The molecule has 19 heavy (non-hydrogen) atoms. The van der Waals surface area contributed by atoms with Crippen LogP contribution in [0.3, 0.4) is 0 Å². The van der Waals surface area contributed by atoms with Gasteiger partial charge >= 0.3 is 0 Å². The Morgan fingerprint density at radius 2 is 2.32 bits per heavy atom. The van der Waals surface area contributed by atoms with Gasteiger partial charge in [0.15, 0.2) is 0 Å². The third-order valence-corrected chi connectivity index (χ3v) is 2.85. The minimum Gasteiger partial charge on any atom is -0.325 e. The van der Waals surface area contributed by atoms with Crippen molar-refractivity contribution >= 4 is 11.6 Å². The third-order valence-electron chi connectivity index (χ3n) is 2.85. The lowest BCUT2D eigenvalue weighted by Crippen LogP contribution is -2.34. The van der Waals surface area contributed by atoms with Crippen molar-refractivity contribution in [2.45, 2.75) is 26.3 Å². The Labute approximate surface area is 110 Å². The molecule has 3 N–H and O–H groups in total. The number of carbonyl (C=O) groups excluding carboxylic acids is 1. The largest absolute Gasteiger partial charge is 0.325 e. The standard InChI is InChI=1S/C12H16N6O/c1-3-10(13)12(19)15-9-5-4-8(2)11(6-9)18-7-14-16-17-18/h4-7,10H,3,13H2,1-2H3,(H,15,19)/t10-/m0/s1. The van der Waals surface area contributed by atoms with Crippen molar-refractivity contribution in [3.05, 3.63) is 30.1 Å². The first-order valence-electron chi connectivity index (χ1n) is 6.02. The van der Waals surface area contributed by atoms with Crippen LogP contribution in [-0.2, 0) is 4.79 Å². The number of anilines is 1. The first-order valence-corrected chi connectivity index (χ1v) is 6.02. The maximum absolute atomic E-state index is 11.7. The summed E-state index contributed by atoms with van der Waals surface area (Å²) in [6, 6.07) is 5.03. The molecule has 0 fully saturated rings. The Balaban J connectivity index is 2.24. The zero-order valence-electron chi connectivity index (χ0n) is 10.9. The number of amides is 1. The van der Waals surface area contributed by atoms with Gasteiger partial charge in [0.25, 0.3) is 0 Å². The number of nitrogens with zero attached hydrogens (tertiary/aromatic N) is 4. The van der Waals surface area contributed by atoms with Crippen LogP contribution in [0.5, 0.6) is 0 Å². The van der Waals surface area contributed by atoms with Crippen LogP contribution in [0.1, 0.15) is 18.9 Å². The summed E-state index contributed by atoms with van der Waals surface area (Å²) in [7, 11) is 0. The predicted molar refractivity (Wildman–Crippen MR) is 70.8 cm³/mol. The molecule has 1 atom stereocenters. The number of aromatic nitrogens is 4. The van der Waals surface area contributed by atoms with Gasteiger partial charge in [-0.2, -0.15) is 0 Å². The second kappa shape index (κ2) is 5.57. The van der Waals surface area contributed by atoms with E-state index in [9.17, 15) is 4.79 Å². The SMILES string of the molecule is CC[C@H](N)C(=O)Nc1ccc(C)c(-n2cnnn2)c1. The normalized spacial score (nSPS) is 12.2. The second-order valence-corrected chi connectivity index (χ2v) is 4.26. The molecule has 1 heterocycles. The van der Waals surface area contributed by atoms with Gasteiger partial charge in [-0.05, 0) is 41.5 Å². The summed E-state index contributed by atoms with van der Waals surface area (Å²) in [6.07, 6.45) is 2.10. The Morgan fingerprint density at radius 1 is 1.53 bits per heavy atom. The minimum atomic E-state index is -0.502. The number of hydrogen-bond acceptors (Lipinski definition) is 5. The summed E-state index contributed by atoms with van der Waals surface area (Å²) in [5, 5.41) is 13.8. The highest BCUT2D eigenvalue weighted by Crippen LogP contribution is 2.18. The second-order valence-electron chi connectivity index (χ2n) is 4.26. The van der Waals surface area contributed by atoms with Crippen molar-refractivity contribution in [3.63, 3.8) is 0 Å². The smallest absolute Gasteiger partial charge is 0.241 e. The molecule has 0 saturated carbocycles. The van der Waals surface area contributed by atoms with Crippen LogP contribution >= 0.6 is 0 Å². The average molecular weight is 260 g/mol. The van der Waals surface area contributed by atoms with E-state index in [0.717, 1.165) is 11.3 Å². The molecule has 0 aliphatic carbocycles. The van der Waals surface area contributed by atoms with Gasteiger partial charge in [0, 0.05) is 5.69 Å². The van der Waals surface area contributed by atoms with Crippen molar-refractivity contribution in [3.8, 4) is 5.69 Å². The van der Waals surface area contributed by atoms with Gasteiger partial charge in [0.05, 0.1) is 11.7 Å². The van der Waals surface area contributed by atoms with Crippen LogP contribution in [0.15, 0.2) is 24.5 Å². The average Bonchev–Trinajstić information content (AvgIpc) is 2.93. The number of nitrogens with one attached hydrogen (secondary N) is 1. The quantitative estimate of drug-likeness (QED) is 0.840. The lowest BCUT2D eigenvalue weighted by molar-refractivity contribution is -0.117. The van der Waals surface area contributed by atoms with E-state index in [1.807, 2.05) is 32.0 Å². The number of benzene rings is 1. The minimum absolute atomic E-state index is 0.200. The van der Waals surface area contributed by atoms with Gasteiger partial charge < -0.3 is 11.1 Å². The number of nitrogens with two attached hydrogens (primary N) is 1. The van der Waals surface area contributed by atoms with E-state index in [0.29, 0.717) is 12.1 Å². The molecular formula is C12H16N6O. The number of carbonyl (C=O) groups is 1. The van der Waals surface area contributed by atoms with Crippen molar-refractivity contribution in [1.82, 2.24) is 20.2 Å². The van der Waals surface area contributed by atoms with Gasteiger partial charge in [0.1, 0.15) is 6.33 Å². The van der Waals surface area contributed by atoms with Crippen molar-refractivity contribution in [2.24, 2.45) is 5.73 Å². The Kier molecular flexibility index (Phi) is 3.86. The fourth-order valence-electron chi connectivity index (χ4n) is 1.63. The van der Waals surface area contributed by atoms with Crippen LogP contribution in [0.4, 0.5) is 5.69 Å². The van der Waals surface area contributed by atoms with E-state index >= 15 is 0 Å². The summed E-state index contributed by atoms with van der Waals surface area (Å²) >= 11 is 0. The fourth-order valence-corrected chi connectivity index (χ4v) is 1.63. The lowest BCUT2D eigenvalue weighted by Gasteiger charge is -2.12. The molecule has 0 spiro atoms. The van der Waals surface area contributed by atoms with Crippen LogP contribution in [-0.4, -0.2) is 32.2 Å². The van der Waals surface area contributed by atoms with E-state index < -0.39 is 6.04 Å². The molecule has 1 aromatic heterocycles. The van der Waals surface area contributed by atoms with E-state index in [-0.39, 0.29) is 5.91 Å². The number of hydrogen-bond donors (Lipinski definition) is 2. The van der Waals surface area contributed by atoms with E-state index in [4.69, 9.17) is 5.73 Å². The molecule has 100 valence electrons. The zero-order chi connectivity index (χ0) is 13.8. The molecule has 1 amide bonds. The summed E-state index contributed by atoms with van der Waals surface area (Å²) in [6.45, 7) is 3.81. The van der Waals surface area contributed by atoms with Crippen molar-refractivity contribution in [2.75, 3.05) is 5.32 Å². The van der Waals surface area contributed by atoms with Gasteiger partial charge in [-0.25, -0.2) is 4.68 Å². The highest BCUT2D eigenvalue weighted by atomic mass is 16.2. The van der Waals surface area contributed by atoms with Crippen molar-refractivity contribution < 1.29 is 4.79 Å². The molecule has 0 aliphatic heterocycles. The molecule has 0 aliphatic rings. The summed E-state index contributed by atoms with van der Waals surface area (Å²) < 4.78 is 1.55. The van der Waals surface area contributed by atoms with Gasteiger partial charge in [-0.3, -0.25) is 4.79 Å². The maximum Gasteiger partial charge on any atom is 0.241 e. The van der Waals surface area contributed by atoms with E-state index in [2.05, 4.69) is 20.8 Å². The molecule has 2 aromatic rings. The Hall–Kier alpha value is -2.28. The van der Waals surface area contributed by atoms with E-state index in [1.165, 1.54) is 6.33 Å².